The number of carboxylic acids is 1. The summed E-state index contributed by atoms with van der Waals surface area (Å²) in [6.45, 7) is 0.146. The molecule has 102 valence electrons. The van der Waals surface area contributed by atoms with Crippen LogP contribution in [0.3, 0.4) is 0 Å². The topological polar surface area (TPSA) is 42.2 Å². The number of alkyl halides is 3. The number of aromatic nitrogens is 1. The van der Waals surface area contributed by atoms with E-state index >= 15 is 0 Å². The zero-order valence-electron chi connectivity index (χ0n) is 9.94. The zero-order valence-corrected chi connectivity index (χ0v) is 9.94. The van der Waals surface area contributed by atoms with Gasteiger partial charge in [-0.3, -0.25) is 0 Å². The minimum absolute atomic E-state index is 0.0682. The van der Waals surface area contributed by atoms with Crippen LogP contribution in [0.15, 0.2) is 30.5 Å². The van der Waals surface area contributed by atoms with Gasteiger partial charge < -0.3 is 9.67 Å². The van der Waals surface area contributed by atoms with E-state index in [4.69, 9.17) is 5.11 Å². The molecule has 1 aromatic heterocycles. The summed E-state index contributed by atoms with van der Waals surface area (Å²) in [6.07, 6.45) is -3.50. The zero-order chi connectivity index (χ0) is 14.0. The third kappa shape index (κ3) is 3.07. The molecule has 0 aliphatic heterocycles. The van der Waals surface area contributed by atoms with Gasteiger partial charge in [0, 0.05) is 24.5 Å². The third-order valence-electron chi connectivity index (χ3n) is 2.88. The maximum absolute atomic E-state index is 12.1. The molecule has 0 aliphatic rings. The minimum Gasteiger partial charge on any atom is -0.478 e. The molecule has 0 radical (unpaired) electrons. The van der Waals surface area contributed by atoms with Crippen LogP contribution in [-0.2, 0) is 6.54 Å². The van der Waals surface area contributed by atoms with Crippen molar-refractivity contribution in [3.8, 4) is 0 Å². The van der Waals surface area contributed by atoms with Gasteiger partial charge >= 0.3 is 12.1 Å². The van der Waals surface area contributed by atoms with Gasteiger partial charge in [-0.15, -0.1) is 0 Å². The van der Waals surface area contributed by atoms with Gasteiger partial charge in [0.05, 0.1) is 11.1 Å². The van der Waals surface area contributed by atoms with Crippen molar-refractivity contribution in [2.45, 2.75) is 25.6 Å². The number of carboxylic acid groups (broad SMARTS) is 1. The van der Waals surface area contributed by atoms with Crippen molar-refractivity contribution >= 4 is 16.9 Å². The van der Waals surface area contributed by atoms with Gasteiger partial charge in [0.2, 0.25) is 0 Å². The molecule has 0 saturated heterocycles. The first kappa shape index (κ1) is 13.5. The Balaban J connectivity index is 2.26. The van der Waals surface area contributed by atoms with E-state index in [1.165, 1.54) is 6.07 Å². The Kier molecular flexibility index (Phi) is 3.50. The second-order valence-electron chi connectivity index (χ2n) is 4.28. The summed E-state index contributed by atoms with van der Waals surface area (Å²) in [7, 11) is 0. The number of halogens is 3. The van der Waals surface area contributed by atoms with Crippen LogP contribution >= 0.6 is 0 Å². The quantitative estimate of drug-likeness (QED) is 0.921. The molecule has 3 nitrogen and oxygen atoms in total. The van der Waals surface area contributed by atoms with Crippen molar-refractivity contribution in [1.29, 1.82) is 0 Å². The SMILES string of the molecule is O=C(O)c1cccc2ccn(CCCC(F)(F)F)c12. The lowest BCUT2D eigenvalue weighted by Gasteiger charge is -2.09. The molecule has 2 aromatic rings. The standard InChI is InChI=1S/C13H12F3NO2/c14-13(15,16)6-2-7-17-8-5-9-3-1-4-10(11(9)17)12(18)19/h1,3-5,8H,2,6-7H2,(H,18,19). The fourth-order valence-corrected chi connectivity index (χ4v) is 2.07. The van der Waals surface area contributed by atoms with Crippen LogP contribution in [0.4, 0.5) is 13.2 Å². The summed E-state index contributed by atoms with van der Waals surface area (Å²) in [6, 6.07) is 6.51. The van der Waals surface area contributed by atoms with Gasteiger partial charge in [0.25, 0.3) is 0 Å². The molecule has 0 bridgehead atoms. The van der Waals surface area contributed by atoms with Crippen LogP contribution in [0.1, 0.15) is 23.2 Å². The molecule has 6 heteroatoms. The van der Waals surface area contributed by atoms with Crippen LogP contribution in [-0.4, -0.2) is 21.8 Å². The molecule has 2 rings (SSSR count). The van der Waals surface area contributed by atoms with E-state index < -0.39 is 18.6 Å². The fourth-order valence-electron chi connectivity index (χ4n) is 2.07. The van der Waals surface area contributed by atoms with E-state index in [9.17, 15) is 18.0 Å². The number of aryl methyl sites for hydroxylation is 1. The van der Waals surface area contributed by atoms with E-state index in [1.54, 1.807) is 29.0 Å². The van der Waals surface area contributed by atoms with E-state index in [0.29, 0.717) is 10.9 Å². The van der Waals surface area contributed by atoms with E-state index in [-0.39, 0.29) is 18.5 Å². The van der Waals surface area contributed by atoms with E-state index in [1.807, 2.05) is 0 Å². The Labute approximate surface area is 107 Å². The highest BCUT2D eigenvalue weighted by Gasteiger charge is 2.26. The molecule has 0 atom stereocenters. The molecule has 0 saturated carbocycles. The monoisotopic (exact) mass is 271 g/mol. The molecule has 1 aromatic carbocycles. The molecule has 0 amide bonds. The summed E-state index contributed by atoms with van der Waals surface area (Å²) >= 11 is 0. The Morgan fingerprint density at radius 2 is 2.00 bits per heavy atom. The lowest BCUT2D eigenvalue weighted by atomic mass is 10.1. The number of rotatable bonds is 4. The summed E-state index contributed by atoms with van der Waals surface area (Å²) in [5.41, 5.74) is 0.576. The number of para-hydroxylation sites is 1. The molecular formula is C13H12F3NO2. The Morgan fingerprint density at radius 1 is 1.26 bits per heavy atom. The van der Waals surface area contributed by atoms with Crippen molar-refractivity contribution in [3.05, 3.63) is 36.0 Å². The van der Waals surface area contributed by atoms with Crippen molar-refractivity contribution in [2.75, 3.05) is 0 Å². The molecule has 0 unspecified atom stereocenters. The highest BCUT2D eigenvalue weighted by atomic mass is 19.4. The normalized spacial score (nSPS) is 11.9. The number of hydrogen-bond acceptors (Lipinski definition) is 1. The van der Waals surface area contributed by atoms with Gasteiger partial charge in [0.1, 0.15) is 0 Å². The molecular weight excluding hydrogens is 259 g/mol. The number of benzene rings is 1. The van der Waals surface area contributed by atoms with Crippen molar-refractivity contribution in [1.82, 2.24) is 4.57 Å². The van der Waals surface area contributed by atoms with E-state index in [0.717, 1.165) is 0 Å². The molecule has 0 aliphatic carbocycles. The second kappa shape index (κ2) is 4.95. The summed E-state index contributed by atoms with van der Waals surface area (Å²) in [4.78, 5) is 11.1. The predicted octanol–water partition coefficient (Wildman–Crippen LogP) is 3.68. The number of hydrogen-bond donors (Lipinski definition) is 1. The Bertz CT molecular complexity index is 601. The maximum Gasteiger partial charge on any atom is 0.389 e. The Morgan fingerprint density at radius 3 is 2.63 bits per heavy atom. The number of aromatic carboxylic acids is 1. The van der Waals surface area contributed by atoms with Crippen molar-refractivity contribution in [2.24, 2.45) is 0 Å². The first-order chi connectivity index (χ1) is 8.88. The van der Waals surface area contributed by atoms with Gasteiger partial charge in [-0.25, -0.2) is 4.79 Å². The molecule has 0 fully saturated rings. The molecule has 1 heterocycles. The highest BCUT2D eigenvalue weighted by Crippen LogP contribution is 2.24. The first-order valence-corrected chi connectivity index (χ1v) is 5.76. The van der Waals surface area contributed by atoms with Gasteiger partial charge in [-0.1, -0.05) is 12.1 Å². The minimum atomic E-state index is -4.18. The lowest BCUT2D eigenvalue weighted by Crippen LogP contribution is -2.09. The van der Waals surface area contributed by atoms with Gasteiger partial charge in [-0.2, -0.15) is 13.2 Å². The Hall–Kier alpha value is -1.98. The lowest BCUT2D eigenvalue weighted by molar-refractivity contribution is -0.135. The second-order valence-corrected chi connectivity index (χ2v) is 4.28. The largest absolute Gasteiger partial charge is 0.478 e. The number of carbonyl (C=O) groups is 1. The van der Waals surface area contributed by atoms with Crippen LogP contribution < -0.4 is 0 Å². The molecule has 0 spiro atoms. The van der Waals surface area contributed by atoms with Crippen LogP contribution in [0.25, 0.3) is 10.9 Å². The van der Waals surface area contributed by atoms with Crippen LogP contribution in [0.2, 0.25) is 0 Å². The van der Waals surface area contributed by atoms with Crippen molar-refractivity contribution in [3.63, 3.8) is 0 Å². The smallest absolute Gasteiger partial charge is 0.389 e. The summed E-state index contributed by atoms with van der Waals surface area (Å²) in [5.74, 6) is -1.08. The predicted molar refractivity (Wildman–Crippen MR) is 64.2 cm³/mol. The highest BCUT2D eigenvalue weighted by molar-refractivity contribution is 6.02. The number of fused-ring (bicyclic) bond motifs is 1. The van der Waals surface area contributed by atoms with E-state index in [2.05, 4.69) is 0 Å². The van der Waals surface area contributed by atoms with Gasteiger partial charge in [-0.05, 0) is 18.6 Å². The van der Waals surface area contributed by atoms with Crippen molar-refractivity contribution < 1.29 is 23.1 Å². The molecule has 19 heavy (non-hydrogen) atoms. The van der Waals surface area contributed by atoms with Crippen LogP contribution in [0.5, 0.6) is 0 Å². The third-order valence-corrected chi connectivity index (χ3v) is 2.88. The average molecular weight is 271 g/mol. The first-order valence-electron chi connectivity index (χ1n) is 5.76. The van der Waals surface area contributed by atoms with Crippen LogP contribution in [0, 0.1) is 0 Å². The fraction of sp³-hybridized carbons (Fsp3) is 0.308. The summed E-state index contributed by atoms with van der Waals surface area (Å²) < 4.78 is 37.9. The maximum atomic E-state index is 12.1. The molecule has 1 N–H and O–H groups in total. The summed E-state index contributed by atoms with van der Waals surface area (Å²) in [5, 5.41) is 9.80. The average Bonchev–Trinajstić information content (AvgIpc) is 2.70. The van der Waals surface area contributed by atoms with Gasteiger partial charge in [0.15, 0.2) is 0 Å². The number of nitrogens with zero attached hydrogens (tertiary/aromatic N) is 1.